The summed E-state index contributed by atoms with van der Waals surface area (Å²) < 4.78 is 1.46. The van der Waals surface area contributed by atoms with E-state index in [1.807, 2.05) is 0 Å². The number of carboxylic acids is 1. The highest BCUT2D eigenvalue weighted by Crippen LogP contribution is 2.34. The Morgan fingerprint density at radius 2 is 2.30 bits per heavy atom. The predicted octanol–water partition coefficient (Wildman–Crippen LogP) is 0.638. The predicted molar refractivity (Wildman–Crippen MR) is 44.3 cm³/mol. The Balaban J connectivity index is 2.75. The van der Waals surface area contributed by atoms with Crippen LogP contribution in [0.5, 0.6) is 0 Å². The molecule has 3 nitrogen and oxygen atoms in total. The van der Waals surface area contributed by atoms with Gasteiger partial charge >= 0.3 is 5.97 Å². The van der Waals surface area contributed by atoms with E-state index >= 15 is 0 Å². The molecule has 1 aliphatic rings. The highest BCUT2D eigenvalue weighted by Gasteiger charge is 2.43. The maximum absolute atomic E-state index is 10.6. The van der Waals surface area contributed by atoms with Crippen LogP contribution in [0.15, 0.2) is 0 Å². The fraction of sp³-hybridized carbons (Fsp3) is 0.800. The lowest BCUT2D eigenvalue weighted by molar-refractivity contribution is -0.142. The highest BCUT2D eigenvalue weighted by atomic mass is 32.1. The number of aliphatic carboxylic acids is 1. The Morgan fingerprint density at radius 3 is 2.50 bits per heavy atom. The summed E-state index contributed by atoms with van der Waals surface area (Å²) in [6.07, 6.45) is 1.41. The molecule has 0 aromatic heterocycles. The van der Waals surface area contributed by atoms with Crippen molar-refractivity contribution in [3.05, 3.63) is 0 Å². The van der Waals surface area contributed by atoms with Gasteiger partial charge in [-0.15, -0.1) is 12.6 Å². The van der Waals surface area contributed by atoms with Crippen LogP contribution in [0.2, 0.25) is 0 Å². The molecule has 0 saturated carbocycles. The zero-order valence-electron chi connectivity index (χ0n) is 5.32. The van der Waals surface area contributed by atoms with Crippen LogP contribution in [-0.2, 0) is 4.79 Å². The van der Waals surface area contributed by atoms with Crippen molar-refractivity contribution >= 4 is 31.4 Å². The number of hydrogen-bond acceptors (Lipinski definition) is 4. The summed E-state index contributed by atoms with van der Waals surface area (Å²) in [7, 11) is 0. The minimum Gasteiger partial charge on any atom is -0.479 e. The normalized spacial score (nSPS) is 34.6. The molecule has 5 heteroatoms. The second-order valence-electron chi connectivity index (χ2n) is 2.35. The van der Waals surface area contributed by atoms with Crippen LogP contribution in [0.3, 0.4) is 0 Å². The van der Waals surface area contributed by atoms with E-state index < -0.39 is 10.8 Å². The third-order valence-corrected chi connectivity index (χ3v) is 3.02. The van der Waals surface area contributed by atoms with E-state index in [1.54, 1.807) is 0 Å². The fourth-order valence-corrected chi connectivity index (χ4v) is 1.59. The first-order valence-electron chi connectivity index (χ1n) is 2.99. The monoisotopic (exact) mass is 179 g/mol. The molecule has 0 spiro atoms. The van der Waals surface area contributed by atoms with E-state index in [0.717, 1.165) is 6.42 Å². The van der Waals surface area contributed by atoms with Gasteiger partial charge < -0.3 is 5.11 Å². The molecule has 1 saturated heterocycles. The van der Waals surface area contributed by atoms with Crippen molar-refractivity contribution in [3.8, 4) is 0 Å². The van der Waals surface area contributed by atoms with Crippen molar-refractivity contribution in [2.45, 2.75) is 17.7 Å². The quantitative estimate of drug-likeness (QED) is 0.517. The van der Waals surface area contributed by atoms with Gasteiger partial charge in [-0.1, -0.05) is 12.8 Å². The molecule has 1 heterocycles. The van der Waals surface area contributed by atoms with E-state index in [9.17, 15) is 4.79 Å². The van der Waals surface area contributed by atoms with Gasteiger partial charge in [-0.25, -0.2) is 9.10 Å². The largest absolute Gasteiger partial charge is 0.479 e. The van der Waals surface area contributed by atoms with E-state index in [2.05, 4.69) is 25.4 Å². The third-order valence-electron chi connectivity index (χ3n) is 1.66. The molecule has 1 rings (SSSR count). The molecule has 0 radical (unpaired) electrons. The average Bonchev–Trinajstić information content (AvgIpc) is 2.15. The lowest BCUT2D eigenvalue weighted by Gasteiger charge is -2.24. The number of carbonyl (C=O) groups is 1. The molecule has 0 aliphatic carbocycles. The first kappa shape index (κ1) is 8.23. The van der Waals surface area contributed by atoms with Crippen LogP contribution >= 0.6 is 25.4 Å². The second kappa shape index (κ2) is 2.64. The van der Waals surface area contributed by atoms with Crippen LogP contribution in [0.25, 0.3) is 0 Å². The molecule has 1 fully saturated rings. The average molecular weight is 179 g/mol. The molecule has 0 aromatic carbocycles. The van der Waals surface area contributed by atoms with Gasteiger partial charge in [0.25, 0.3) is 0 Å². The molecular weight excluding hydrogens is 170 g/mol. The maximum atomic E-state index is 10.6. The fourth-order valence-electron chi connectivity index (χ4n) is 1.01. The highest BCUT2D eigenvalue weighted by molar-refractivity contribution is 7.84. The van der Waals surface area contributed by atoms with Gasteiger partial charge in [0.1, 0.15) is 0 Å². The first-order valence-corrected chi connectivity index (χ1v) is 3.84. The summed E-state index contributed by atoms with van der Waals surface area (Å²) in [6.45, 7) is 0.693. The van der Waals surface area contributed by atoms with Gasteiger partial charge in [0.2, 0.25) is 0 Å². The summed E-state index contributed by atoms with van der Waals surface area (Å²) >= 11 is 8.01. The summed E-state index contributed by atoms with van der Waals surface area (Å²) in [5.74, 6) is -0.914. The van der Waals surface area contributed by atoms with Crippen LogP contribution in [0, 0.1) is 0 Å². The molecule has 10 heavy (non-hydrogen) atoms. The van der Waals surface area contributed by atoms with Crippen molar-refractivity contribution < 1.29 is 9.90 Å². The zero-order valence-corrected chi connectivity index (χ0v) is 7.11. The molecular formula is C5H9NO2S2. The van der Waals surface area contributed by atoms with Gasteiger partial charge in [-0.2, -0.15) is 0 Å². The summed E-state index contributed by atoms with van der Waals surface area (Å²) in [5, 5.41) is 8.68. The van der Waals surface area contributed by atoms with Gasteiger partial charge in [-0.3, -0.25) is 0 Å². The van der Waals surface area contributed by atoms with Crippen molar-refractivity contribution in [1.82, 2.24) is 4.31 Å². The van der Waals surface area contributed by atoms with E-state index in [4.69, 9.17) is 5.11 Å². The molecule has 0 bridgehead atoms. The van der Waals surface area contributed by atoms with Crippen molar-refractivity contribution in [2.24, 2.45) is 0 Å². The van der Waals surface area contributed by atoms with Gasteiger partial charge in [0, 0.05) is 6.54 Å². The Bertz CT molecular complexity index is 164. The topological polar surface area (TPSA) is 40.5 Å². The molecule has 1 atom stereocenters. The van der Waals surface area contributed by atoms with Crippen LogP contribution in [0.4, 0.5) is 0 Å². The Morgan fingerprint density at radius 1 is 1.70 bits per heavy atom. The molecule has 58 valence electrons. The first-order chi connectivity index (χ1) is 4.57. The molecule has 0 amide bonds. The molecule has 1 N–H and O–H groups in total. The Kier molecular flexibility index (Phi) is 2.17. The molecule has 0 unspecified atom stereocenters. The summed E-state index contributed by atoms with van der Waals surface area (Å²) in [5.41, 5.74) is 0. The number of rotatable bonds is 1. The number of carboxylic acid groups (broad SMARTS) is 1. The van der Waals surface area contributed by atoms with Crippen LogP contribution in [-0.4, -0.2) is 26.8 Å². The third kappa shape index (κ3) is 1.13. The minimum absolute atomic E-state index is 0.564. The van der Waals surface area contributed by atoms with Crippen molar-refractivity contribution in [3.63, 3.8) is 0 Å². The van der Waals surface area contributed by atoms with Crippen molar-refractivity contribution in [1.29, 1.82) is 0 Å². The zero-order chi connectivity index (χ0) is 7.78. The van der Waals surface area contributed by atoms with Crippen molar-refractivity contribution in [2.75, 3.05) is 6.54 Å². The Labute approximate surface area is 70.4 Å². The number of hydrogen-bond donors (Lipinski definition) is 3. The lowest BCUT2D eigenvalue weighted by Crippen LogP contribution is -2.40. The summed E-state index contributed by atoms with van der Waals surface area (Å²) in [6, 6.07) is 0. The SMILES string of the molecule is O=C(O)[C@]1(S)CCCN1S. The number of thiol groups is 2. The minimum atomic E-state index is -1.04. The second-order valence-corrected chi connectivity index (χ2v) is 3.57. The van der Waals surface area contributed by atoms with Gasteiger partial charge in [-0.05, 0) is 12.8 Å². The smallest absolute Gasteiger partial charge is 0.335 e. The molecule has 0 aromatic rings. The Hall–Kier alpha value is 0.130. The lowest BCUT2D eigenvalue weighted by atomic mass is 10.2. The van der Waals surface area contributed by atoms with E-state index in [-0.39, 0.29) is 0 Å². The maximum Gasteiger partial charge on any atom is 0.335 e. The van der Waals surface area contributed by atoms with E-state index in [0.29, 0.717) is 13.0 Å². The standard InChI is InChI=1S/C5H9NO2S2/c7-4(8)5(9)2-1-3-6(5)10/h9-10H,1-3H2,(H,7,8)/t5-/m1/s1. The van der Waals surface area contributed by atoms with E-state index in [1.165, 1.54) is 4.31 Å². The van der Waals surface area contributed by atoms with Crippen LogP contribution in [0.1, 0.15) is 12.8 Å². The molecule has 1 aliphatic heterocycles. The van der Waals surface area contributed by atoms with Gasteiger partial charge in [0.15, 0.2) is 4.87 Å². The number of nitrogens with zero attached hydrogens (tertiary/aromatic N) is 1. The summed E-state index contributed by atoms with van der Waals surface area (Å²) in [4.78, 5) is 9.53. The van der Waals surface area contributed by atoms with Gasteiger partial charge in [0.05, 0.1) is 0 Å². The van der Waals surface area contributed by atoms with Crippen LogP contribution < -0.4 is 0 Å².